The van der Waals surface area contributed by atoms with Crippen molar-refractivity contribution >= 4 is 28.5 Å². The Kier molecular flexibility index (Phi) is 8.79. The van der Waals surface area contributed by atoms with Crippen LogP contribution >= 0.6 is 11.6 Å². The molecule has 1 aromatic heterocycles. The number of carboxylic acids is 1. The zero-order valence-corrected chi connectivity index (χ0v) is 21.0. The van der Waals surface area contributed by atoms with Crippen molar-refractivity contribution in [1.82, 2.24) is 9.88 Å². The van der Waals surface area contributed by atoms with Crippen LogP contribution in [0, 0.1) is 23.7 Å². The number of aromatic nitrogens is 1. The zero-order valence-electron chi connectivity index (χ0n) is 20.3. The maximum absolute atomic E-state index is 15.5. The SMILES string of the molecule is COc1ccc2nccc([C@@H](F)CC[C@@H]3CCN(CC#Cc4ccccc4Cl)C[C@@H]3CC(=O)O)c2c1. The second kappa shape index (κ2) is 12.2. The predicted octanol–water partition coefficient (Wildman–Crippen LogP) is 6.15. The van der Waals surface area contributed by atoms with E-state index in [1.807, 2.05) is 42.5 Å². The summed E-state index contributed by atoms with van der Waals surface area (Å²) in [7, 11) is 1.58. The molecule has 0 unspecified atom stereocenters. The number of benzene rings is 2. The van der Waals surface area contributed by atoms with Crippen molar-refractivity contribution in [3.8, 4) is 17.6 Å². The van der Waals surface area contributed by atoms with Gasteiger partial charge >= 0.3 is 5.97 Å². The molecule has 1 fully saturated rings. The number of nitrogens with zero attached hydrogens (tertiary/aromatic N) is 2. The molecule has 36 heavy (non-hydrogen) atoms. The summed E-state index contributed by atoms with van der Waals surface area (Å²) in [6.07, 6.45) is 2.34. The van der Waals surface area contributed by atoms with Crippen molar-refractivity contribution < 1.29 is 19.0 Å². The first-order chi connectivity index (χ1) is 17.4. The van der Waals surface area contributed by atoms with Gasteiger partial charge in [-0.15, -0.1) is 0 Å². The van der Waals surface area contributed by atoms with Gasteiger partial charge in [0, 0.05) is 30.1 Å². The molecule has 0 radical (unpaired) electrons. The lowest BCUT2D eigenvalue weighted by Crippen LogP contribution is -2.41. The summed E-state index contributed by atoms with van der Waals surface area (Å²) >= 11 is 6.18. The topological polar surface area (TPSA) is 62.7 Å². The number of pyridine rings is 1. The number of rotatable bonds is 8. The molecule has 7 heteroatoms. The Morgan fingerprint density at radius 2 is 2.11 bits per heavy atom. The third-order valence-corrected chi connectivity index (χ3v) is 7.25. The van der Waals surface area contributed by atoms with Crippen LogP contribution in [0.1, 0.15) is 43.0 Å². The van der Waals surface area contributed by atoms with Crippen LogP contribution in [0.2, 0.25) is 5.02 Å². The molecular formula is C29H30ClFN2O3. The van der Waals surface area contributed by atoms with Crippen LogP contribution in [-0.4, -0.2) is 47.7 Å². The Hall–Kier alpha value is -3.14. The number of alkyl halides is 1. The number of aliphatic carboxylic acids is 1. The molecule has 1 aliphatic heterocycles. The average molecular weight is 509 g/mol. The van der Waals surface area contributed by atoms with Crippen molar-refractivity contribution in [2.24, 2.45) is 11.8 Å². The number of ether oxygens (including phenoxy) is 1. The van der Waals surface area contributed by atoms with Crippen LogP contribution < -0.4 is 4.74 Å². The van der Waals surface area contributed by atoms with Crippen LogP contribution in [0.15, 0.2) is 54.7 Å². The number of hydrogen-bond donors (Lipinski definition) is 1. The molecule has 188 valence electrons. The van der Waals surface area contributed by atoms with Gasteiger partial charge in [0.25, 0.3) is 0 Å². The minimum atomic E-state index is -1.16. The Morgan fingerprint density at radius 1 is 1.28 bits per heavy atom. The van der Waals surface area contributed by atoms with E-state index in [0.717, 1.165) is 29.4 Å². The number of carboxylic acid groups (broad SMARTS) is 1. The average Bonchev–Trinajstić information content (AvgIpc) is 2.88. The quantitative estimate of drug-likeness (QED) is 0.370. The summed E-state index contributed by atoms with van der Waals surface area (Å²) in [5.74, 6) is 6.22. The molecule has 3 aromatic rings. The van der Waals surface area contributed by atoms with E-state index in [2.05, 4.69) is 21.7 Å². The molecule has 3 atom stereocenters. The Labute approximate surface area is 216 Å². The molecule has 0 saturated carbocycles. The normalized spacial score (nSPS) is 18.9. The van der Waals surface area contributed by atoms with Gasteiger partial charge < -0.3 is 9.84 Å². The van der Waals surface area contributed by atoms with E-state index in [1.165, 1.54) is 0 Å². The molecule has 1 saturated heterocycles. The number of piperidine rings is 1. The molecule has 0 bridgehead atoms. The maximum Gasteiger partial charge on any atom is 0.303 e. The van der Waals surface area contributed by atoms with Crippen LogP contribution in [0.4, 0.5) is 4.39 Å². The van der Waals surface area contributed by atoms with Crippen molar-refractivity contribution in [2.75, 3.05) is 26.7 Å². The summed E-state index contributed by atoms with van der Waals surface area (Å²) in [6, 6.07) is 14.6. The lowest BCUT2D eigenvalue weighted by Gasteiger charge is -2.37. The monoisotopic (exact) mass is 508 g/mol. The maximum atomic E-state index is 15.5. The number of methoxy groups -OCH3 is 1. The minimum Gasteiger partial charge on any atom is -0.497 e. The van der Waals surface area contributed by atoms with Crippen LogP contribution in [0.25, 0.3) is 10.9 Å². The van der Waals surface area contributed by atoms with Gasteiger partial charge in [-0.3, -0.25) is 14.7 Å². The molecule has 0 spiro atoms. The third kappa shape index (κ3) is 6.54. The summed E-state index contributed by atoms with van der Waals surface area (Å²) in [5.41, 5.74) is 2.11. The fourth-order valence-corrected chi connectivity index (χ4v) is 5.19. The fraction of sp³-hybridized carbons (Fsp3) is 0.379. The van der Waals surface area contributed by atoms with Crippen molar-refractivity contribution in [1.29, 1.82) is 0 Å². The molecule has 0 amide bonds. The van der Waals surface area contributed by atoms with Crippen LogP contribution in [0.3, 0.4) is 0 Å². The van der Waals surface area contributed by atoms with E-state index < -0.39 is 12.1 Å². The highest BCUT2D eigenvalue weighted by molar-refractivity contribution is 6.31. The number of carbonyl (C=O) groups is 1. The first-order valence-electron chi connectivity index (χ1n) is 12.2. The first kappa shape index (κ1) is 25.9. The van der Waals surface area contributed by atoms with Crippen molar-refractivity contribution in [2.45, 2.75) is 31.9 Å². The van der Waals surface area contributed by atoms with E-state index in [1.54, 1.807) is 19.4 Å². The van der Waals surface area contributed by atoms with Gasteiger partial charge in [-0.2, -0.15) is 0 Å². The molecule has 1 aliphatic rings. The molecule has 4 rings (SSSR count). The minimum absolute atomic E-state index is 0.0418. The van der Waals surface area contributed by atoms with E-state index in [-0.39, 0.29) is 18.3 Å². The second-order valence-electron chi connectivity index (χ2n) is 9.25. The largest absolute Gasteiger partial charge is 0.497 e. The van der Waals surface area contributed by atoms with Gasteiger partial charge in [-0.1, -0.05) is 35.6 Å². The van der Waals surface area contributed by atoms with Gasteiger partial charge in [0.2, 0.25) is 0 Å². The van der Waals surface area contributed by atoms with Gasteiger partial charge in [0.05, 0.1) is 24.2 Å². The van der Waals surface area contributed by atoms with E-state index in [4.69, 9.17) is 16.3 Å². The summed E-state index contributed by atoms with van der Waals surface area (Å²) in [4.78, 5) is 18.1. The van der Waals surface area contributed by atoms with E-state index >= 15 is 4.39 Å². The summed E-state index contributed by atoms with van der Waals surface area (Å²) in [6.45, 7) is 2.00. The Bertz CT molecular complexity index is 1270. The van der Waals surface area contributed by atoms with Crippen LogP contribution in [-0.2, 0) is 4.79 Å². The number of fused-ring (bicyclic) bond motifs is 1. The van der Waals surface area contributed by atoms with Gasteiger partial charge in [0.1, 0.15) is 11.9 Å². The Balaban J connectivity index is 1.39. The third-order valence-electron chi connectivity index (χ3n) is 6.92. The molecule has 2 aromatic carbocycles. The van der Waals surface area contributed by atoms with E-state index in [0.29, 0.717) is 42.3 Å². The lowest BCUT2D eigenvalue weighted by atomic mass is 9.79. The fourth-order valence-electron chi connectivity index (χ4n) is 5.01. The van der Waals surface area contributed by atoms with Gasteiger partial charge in [0.15, 0.2) is 0 Å². The predicted molar refractivity (Wildman–Crippen MR) is 140 cm³/mol. The molecule has 1 N–H and O–H groups in total. The summed E-state index contributed by atoms with van der Waals surface area (Å²) in [5, 5.41) is 10.9. The summed E-state index contributed by atoms with van der Waals surface area (Å²) < 4.78 is 20.8. The van der Waals surface area contributed by atoms with Gasteiger partial charge in [-0.25, -0.2) is 4.39 Å². The first-order valence-corrected chi connectivity index (χ1v) is 12.6. The van der Waals surface area contributed by atoms with Crippen LogP contribution in [0.5, 0.6) is 5.75 Å². The second-order valence-corrected chi connectivity index (χ2v) is 9.66. The molecule has 5 nitrogen and oxygen atoms in total. The van der Waals surface area contributed by atoms with E-state index in [9.17, 15) is 9.90 Å². The number of likely N-dealkylation sites (tertiary alicyclic amines) is 1. The van der Waals surface area contributed by atoms with Crippen molar-refractivity contribution in [3.63, 3.8) is 0 Å². The lowest BCUT2D eigenvalue weighted by molar-refractivity contribution is -0.139. The number of hydrogen-bond acceptors (Lipinski definition) is 4. The smallest absolute Gasteiger partial charge is 0.303 e. The standard InChI is InChI=1S/C29H30ClFN2O3/c1-36-23-9-11-28-25(18-23)24(12-14-32-28)27(31)10-8-20-13-16-33(19-22(20)17-29(34)35)15-4-6-21-5-2-3-7-26(21)30/h2-3,5,7,9,11-12,14,18,20,22,27H,8,10,13,15-17,19H2,1H3,(H,34,35)/t20-,22+,27+/m1/s1. The Morgan fingerprint density at radius 3 is 2.89 bits per heavy atom. The highest BCUT2D eigenvalue weighted by Crippen LogP contribution is 2.36. The number of halogens is 2. The molecular weight excluding hydrogens is 479 g/mol. The highest BCUT2D eigenvalue weighted by Gasteiger charge is 2.31. The van der Waals surface area contributed by atoms with Gasteiger partial charge in [-0.05, 0) is 79.6 Å². The molecule has 2 heterocycles. The molecule has 0 aliphatic carbocycles. The van der Waals surface area contributed by atoms with Crippen molar-refractivity contribution in [3.05, 3.63) is 70.9 Å². The zero-order chi connectivity index (χ0) is 25.5. The highest BCUT2D eigenvalue weighted by atomic mass is 35.5.